The zero-order valence-corrected chi connectivity index (χ0v) is 13.1. The predicted molar refractivity (Wildman–Crippen MR) is 88.1 cm³/mol. The molecule has 1 saturated heterocycles. The molecule has 3 nitrogen and oxygen atoms in total. The van der Waals surface area contributed by atoms with Crippen LogP contribution in [0.3, 0.4) is 0 Å². The van der Waals surface area contributed by atoms with Crippen LogP contribution in [0.15, 0.2) is 24.3 Å². The third-order valence-corrected chi connectivity index (χ3v) is 5.08. The Kier molecular flexibility index (Phi) is 4.24. The van der Waals surface area contributed by atoms with Gasteiger partial charge in [0.25, 0.3) is 0 Å². The van der Waals surface area contributed by atoms with Crippen molar-refractivity contribution in [2.24, 2.45) is 11.7 Å². The molecular formula is C17H22N2OS. The Morgan fingerprint density at radius 1 is 1.19 bits per heavy atom. The first-order valence-electron chi connectivity index (χ1n) is 7.83. The molecule has 112 valence electrons. The van der Waals surface area contributed by atoms with Crippen LogP contribution in [0.25, 0.3) is 0 Å². The molecule has 3 rings (SSSR count). The smallest absolute Gasteiger partial charge is 0.226 e. The Hall–Kier alpha value is -1.42. The fourth-order valence-corrected chi connectivity index (χ4v) is 3.88. The van der Waals surface area contributed by atoms with Gasteiger partial charge < -0.3 is 10.6 Å². The minimum absolute atomic E-state index is 0.0292. The molecule has 2 unspecified atom stereocenters. The van der Waals surface area contributed by atoms with E-state index in [1.165, 1.54) is 11.1 Å². The van der Waals surface area contributed by atoms with Gasteiger partial charge in [0, 0.05) is 12.5 Å². The molecule has 1 aliphatic carbocycles. The van der Waals surface area contributed by atoms with Crippen LogP contribution in [-0.2, 0) is 17.6 Å². The Morgan fingerprint density at radius 3 is 2.71 bits per heavy atom. The average Bonchev–Trinajstić information content (AvgIpc) is 2.53. The number of aryl methyl sites for hydroxylation is 1. The van der Waals surface area contributed by atoms with Crippen LogP contribution >= 0.6 is 12.2 Å². The molecule has 1 aromatic carbocycles. The first-order valence-corrected chi connectivity index (χ1v) is 8.24. The quantitative estimate of drug-likeness (QED) is 0.854. The summed E-state index contributed by atoms with van der Waals surface area (Å²) in [5.41, 5.74) is 8.56. The summed E-state index contributed by atoms with van der Waals surface area (Å²) in [7, 11) is 0. The molecule has 2 atom stereocenters. The van der Waals surface area contributed by atoms with Crippen molar-refractivity contribution in [3.05, 3.63) is 35.4 Å². The van der Waals surface area contributed by atoms with E-state index in [0.717, 1.165) is 45.1 Å². The molecule has 1 amide bonds. The second-order valence-electron chi connectivity index (χ2n) is 6.15. The molecule has 1 aliphatic heterocycles. The predicted octanol–water partition coefficient (Wildman–Crippen LogP) is 2.46. The van der Waals surface area contributed by atoms with Crippen molar-refractivity contribution >= 4 is 23.1 Å². The highest BCUT2D eigenvalue weighted by Crippen LogP contribution is 2.29. The lowest BCUT2D eigenvalue weighted by Crippen LogP contribution is -2.52. The summed E-state index contributed by atoms with van der Waals surface area (Å²) in [4.78, 5) is 15.3. The van der Waals surface area contributed by atoms with Gasteiger partial charge in [0.15, 0.2) is 0 Å². The van der Waals surface area contributed by atoms with Crippen molar-refractivity contribution in [3.8, 4) is 0 Å². The molecule has 0 aromatic heterocycles. The largest absolute Gasteiger partial charge is 0.392 e. The number of carbonyl (C=O) groups excluding carboxylic acids is 1. The zero-order valence-electron chi connectivity index (χ0n) is 12.3. The van der Waals surface area contributed by atoms with Crippen LogP contribution in [0.1, 0.15) is 36.8 Å². The SMILES string of the molecule is NC(=S)C1CCCCN1C(=O)C1CCc2ccccc2C1. The van der Waals surface area contributed by atoms with Gasteiger partial charge >= 0.3 is 0 Å². The van der Waals surface area contributed by atoms with Crippen molar-refractivity contribution in [1.82, 2.24) is 4.90 Å². The molecule has 0 radical (unpaired) electrons. The van der Waals surface area contributed by atoms with E-state index >= 15 is 0 Å². The van der Waals surface area contributed by atoms with E-state index < -0.39 is 0 Å². The summed E-state index contributed by atoms with van der Waals surface area (Å²) in [6.45, 7) is 0.805. The molecule has 0 spiro atoms. The van der Waals surface area contributed by atoms with Gasteiger partial charge in [-0.2, -0.15) is 0 Å². The number of nitrogens with zero attached hydrogens (tertiary/aromatic N) is 1. The maximum Gasteiger partial charge on any atom is 0.226 e. The van der Waals surface area contributed by atoms with E-state index in [-0.39, 0.29) is 17.9 Å². The molecule has 1 aromatic rings. The van der Waals surface area contributed by atoms with Crippen LogP contribution in [0.5, 0.6) is 0 Å². The molecule has 0 saturated carbocycles. The lowest BCUT2D eigenvalue weighted by Gasteiger charge is -2.38. The molecule has 21 heavy (non-hydrogen) atoms. The highest BCUT2D eigenvalue weighted by atomic mass is 32.1. The Morgan fingerprint density at radius 2 is 1.95 bits per heavy atom. The highest BCUT2D eigenvalue weighted by Gasteiger charge is 2.34. The average molecular weight is 302 g/mol. The third kappa shape index (κ3) is 2.95. The first-order chi connectivity index (χ1) is 10.2. The summed E-state index contributed by atoms with van der Waals surface area (Å²) in [6.07, 6.45) is 5.89. The number of rotatable bonds is 2. The Balaban J connectivity index is 1.75. The van der Waals surface area contributed by atoms with Crippen molar-refractivity contribution < 1.29 is 4.79 Å². The molecule has 1 heterocycles. The van der Waals surface area contributed by atoms with E-state index in [1.54, 1.807) is 0 Å². The monoisotopic (exact) mass is 302 g/mol. The standard InChI is InChI=1S/C17H22N2OS/c18-16(21)15-7-3-4-10-19(15)17(20)14-9-8-12-5-1-2-6-13(12)11-14/h1-2,5-6,14-15H,3-4,7-11H2,(H2,18,21). The fourth-order valence-electron chi connectivity index (χ4n) is 3.63. The minimum Gasteiger partial charge on any atom is -0.392 e. The van der Waals surface area contributed by atoms with Crippen LogP contribution < -0.4 is 5.73 Å². The number of nitrogens with two attached hydrogens (primary N) is 1. The Bertz CT molecular complexity index is 557. The van der Waals surface area contributed by atoms with Crippen LogP contribution in [0, 0.1) is 5.92 Å². The van der Waals surface area contributed by atoms with Crippen molar-refractivity contribution in [1.29, 1.82) is 0 Å². The van der Waals surface area contributed by atoms with E-state index in [4.69, 9.17) is 18.0 Å². The topological polar surface area (TPSA) is 46.3 Å². The number of hydrogen-bond acceptors (Lipinski definition) is 2. The van der Waals surface area contributed by atoms with Crippen molar-refractivity contribution in [2.75, 3.05) is 6.54 Å². The van der Waals surface area contributed by atoms with Crippen LogP contribution in [-0.4, -0.2) is 28.4 Å². The van der Waals surface area contributed by atoms with Gasteiger partial charge in [0.2, 0.25) is 5.91 Å². The van der Waals surface area contributed by atoms with Gasteiger partial charge in [-0.25, -0.2) is 0 Å². The number of benzene rings is 1. The Labute approximate surface area is 131 Å². The fraction of sp³-hybridized carbons (Fsp3) is 0.529. The second-order valence-corrected chi connectivity index (χ2v) is 6.63. The van der Waals surface area contributed by atoms with Crippen molar-refractivity contribution in [3.63, 3.8) is 0 Å². The second kappa shape index (κ2) is 6.14. The maximum absolute atomic E-state index is 12.9. The number of fused-ring (bicyclic) bond motifs is 1. The van der Waals surface area contributed by atoms with Gasteiger partial charge in [-0.1, -0.05) is 36.5 Å². The molecular weight excluding hydrogens is 280 g/mol. The third-order valence-electron chi connectivity index (χ3n) is 4.81. The van der Waals surface area contributed by atoms with Crippen LogP contribution in [0.2, 0.25) is 0 Å². The van der Waals surface area contributed by atoms with E-state index in [9.17, 15) is 4.79 Å². The summed E-state index contributed by atoms with van der Waals surface area (Å²) >= 11 is 5.16. The molecule has 0 bridgehead atoms. The van der Waals surface area contributed by atoms with E-state index in [2.05, 4.69) is 24.3 Å². The summed E-state index contributed by atoms with van der Waals surface area (Å²) in [6, 6.07) is 8.43. The van der Waals surface area contributed by atoms with Gasteiger partial charge in [0.05, 0.1) is 11.0 Å². The number of carbonyl (C=O) groups is 1. The lowest BCUT2D eigenvalue weighted by atomic mass is 9.82. The summed E-state index contributed by atoms with van der Waals surface area (Å²) in [5, 5.41) is 0. The van der Waals surface area contributed by atoms with Gasteiger partial charge in [0.1, 0.15) is 0 Å². The summed E-state index contributed by atoms with van der Waals surface area (Å²) < 4.78 is 0. The number of thiocarbonyl (C=S) groups is 1. The van der Waals surface area contributed by atoms with E-state index in [0.29, 0.717) is 4.99 Å². The summed E-state index contributed by atoms with van der Waals surface area (Å²) in [5.74, 6) is 0.344. The van der Waals surface area contributed by atoms with Gasteiger partial charge in [-0.05, 0) is 49.7 Å². The molecule has 2 aliphatic rings. The molecule has 2 N–H and O–H groups in total. The van der Waals surface area contributed by atoms with Gasteiger partial charge in [-0.3, -0.25) is 4.79 Å². The maximum atomic E-state index is 12.9. The van der Waals surface area contributed by atoms with Crippen molar-refractivity contribution in [2.45, 2.75) is 44.6 Å². The number of hydrogen-bond donors (Lipinski definition) is 1. The highest BCUT2D eigenvalue weighted by molar-refractivity contribution is 7.80. The lowest BCUT2D eigenvalue weighted by molar-refractivity contribution is -0.138. The number of likely N-dealkylation sites (tertiary alicyclic amines) is 1. The molecule has 4 heteroatoms. The zero-order chi connectivity index (χ0) is 14.8. The minimum atomic E-state index is -0.0292. The normalized spacial score (nSPS) is 25.2. The molecule has 1 fully saturated rings. The van der Waals surface area contributed by atoms with Gasteiger partial charge in [-0.15, -0.1) is 0 Å². The number of piperidine rings is 1. The number of amides is 1. The van der Waals surface area contributed by atoms with E-state index in [1.807, 2.05) is 4.90 Å². The van der Waals surface area contributed by atoms with Crippen LogP contribution in [0.4, 0.5) is 0 Å². The first kappa shape index (κ1) is 14.5.